The molecular formula is C14H14BrFN2O. The van der Waals surface area contributed by atoms with E-state index in [1.54, 1.807) is 18.1 Å². The third-order valence-electron chi connectivity index (χ3n) is 2.86. The number of benzene rings is 2. The van der Waals surface area contributed by atoms with Gasteiger partial charge in [-0.2, -0.15) is 0 Å². The van der Waals surface area contributed by atoms with E-state index in [0.717, 1.165) is 10.2 Å². The molecule has 0 aliphatic carbocycles. The lowest BCUT2D eigenvalue weighted by atomic mass is 10.2. The van der Waals surface area contributed by atoms with Crippen molar-refractivity contribution >= 4 is 33.0 Å². The predicted molar refractivity (Wildman–Crippen MR) is 79.6 cm³/mol. The molecule has 2 aromatic rings. The number of nitrogen functional groups attached to an aromatic ring is 1. The van der Waals surface area contributed by atoms with Crippen LogP contribution in [0.25, 0.3) is 0 Å². The second-order valence-electron chi connectivity index (χ2n) is 4.08. The van der Waals surface area contributed by atoms with E-state index in [1.807, 2.05) is 25.2 Å². The molecular weight excluding hydrogens is 311 g/mol. The first-order valence-electron chi connectivity index (χ1n) is 5.65. The average Bonchev–Trinajstić information content (AvgIpc) is 2.40. The second-order valence-corrected chi connectivity index (χ2v) is 4.99. The van der Waals surface area contributed by atoms with E-state index in [2.05, 4.69) is 15.9 Å². The van der Waals surface area contributed by atoms with Gasteiger partial charge in [-0.15, -0.1) is 0 Å². The number of hydrogen-bond donors (Lipinski definition) is 1. The molecule has 0 saturated heterocycles. The Kier molecular flexibility index (Phi) is 3.95. The molecule has 0 bridgehead atoms. The molecule has 100 valence electrons. The van der Waals surface area contributed by atoms with Crippen molar-refractivity contribution in [2.45, 2.75) is 0 Å². The molecule has 3 nitrogen and oxygen atoms in total. The van der Waals surface area contributed by atoms with Gasteiger partial charge in [-0.25, -0.2) is 4.39 Å². The summed E-state index contributed by atoms with van der Waals surface area (Å²) in [5.41, 5.74) is 7.80. The third kappa shape index (κ3) is 2.81. The molecule has 0 unspecified atom stereocenters. The van der Waals surface area contributed by atoms with Gasteiger partial charge in [0.2, 0.25) is 0 Å². The summed E-state index contributed by atoms with van der Waals surface area (Å²) in [5.74, 6) is 0.361. The van der Waals surface area contributed by atoms with Crippen molar-refractivity contribution in [3.63, 3.8) is 0 Å². The van der Waals surface area contributed by atoms with E-state index >= 15 is 0 Å². The van der Waals surface area contributed by atoms with Crippen molar-refractivity contribution in [3.05, 3.63) is 46.7 Å². The molecule has 2 rings (SSSR count). The maximum absolute atomic E-state index is 13.4. The fourth-order valence-electron chi connectivity index (χ4n) is 1.86. The van der Waals surface area contributed by atoms with Crippen molar-refractivity contribution in [1.29, 1.82) is 0 Å². The lowest BCUT2D eigenvalue weighted by molar-refractivity contribution is 0.415. The molecule has 0 fully saturated rings. The molecule has 2 aromatic carbocycles. The monoisotopic (exact) mass is 324 g/mol. The van der Waals surface area contributed by atoms with Crippen molar-refractivity contribution in [2.75, 3.05) is 24.8 Å². The standard InChI is InChI=1S/C14H14BrFN2O/c1-18(12-8-10(16)4-5-11(12)17)13-7-9(15)3-6-14(13)19-2/h3-8H,17H2,1-2H3. The van der Waals surface area contributed by atoms with E-state index in [9.17, 15) is 4.39 Å². The van der Waals surface area contributed by atoms with Crippen LogP contribution < -0.4 is 15.4 Å². The highest BCUT2D eigenvalue weighted by Gasteiger charge is 2.13. The van der Waals surface area contributed by atoms with Gasteiger partial charge in [0.15, 0.2) is 0 Å². The summed E-state index contributed by atoms with van der Waals surface area (Å²) < 4.78 is 19.6. The molecule has 0 saturated carbocycles. The zero-order chi connectivity index (χ0) is 14.0. The Morgan fingerprint density at radius 3 is 2.58 bits per heavy atom. The van der Waals surface area contributed by atoms with Crippen LogP contribution in [0.2, 0.25) is 0 Å². The van der Waals surface area contributed by atoms with E-state index < -0.39 is 0 Å². The fourth-order valence-corrected chi connectivity index (χ4v) is 2.21. The van der Waals surface area contributed by atoms with Gasteiger partial charge in [0.05, 0.1) is 24.2 Å². The molecule has 0 spiro atoms. The molecule has 0 aliphatic rings. The maximum Gasteiger partial charge on any atom is 0.142 e. The van der Waals surface area contributed by atoms with Crippen LogP contribution in [0.15, 0.2) is 40.9 Å². The van der Waals surface area contributed by atoms with Crippen LogP contribution in [0.4, 0.5) is 21.5 Å². The SMILES string of the molecule is COc1ccc(Br)cc1N(C)c1cc(F)ccc1N. The van der Waals surface area contributed by atoms with Gasteiger partial charge < -0.3 is 15.4 Å². The lowest BCUT2D eigenvalue weighted by Crippen LogP contribution is -2.13. The first-order valence-corrected chi connectivity index (χ1v) is 6.44. The molecule has 5 heteroatoms. The number of methoxy groups -OCH3 is 1. The van der Waals surface area contributed by atoms with Gasteiger partial charge in [0, 0.05) is 11.5 Å². The van der Waals surface area contributed by atoms with Crippen LogP contribution in [-0.2, 0) is 0 Å². The Balaban J connectivity index is 2.51. The van der Waals surface area contributed by atoms with Crippen LogP contribution >= 0.6 is 15.9 Å². The van der Waals surface area contributed by atoms with Crippen molar-refractivity contribution in [2.24, 2.45) is 0 Å². The van der Waals surface area contributed by atoms with Crippen molar-refractivity contribution < 1.29 is 9.13 Å². The number of nitrogens with two attached hydrogens (primary N) is 1. The van der Waals surface area contributed by atoms with Gasteiger partial charge in [0.1, 0.15) is 11.6 Å². The highest BCUT2D eigenvalue weighted by Crippen LogP contribution is 2.37. The lowest BCUT2D eigenvalue weighted by Gasteiger charge is -2.23. The third-order valence-corrected chi connectivity index (χ3v) is 3.35. The maximum atomic E-state index is 13.4. The van der Waals surface area contributed by atoms with E-state index in [0.29, 0.717) is 17.1 Å². The largest absolute Gasteiger partial charge is 0.495 e. The predicted octanol–water partition coefficient (Wildman–Crippen LogP) is 3.95. The smallest absolute Gasteiger partial charge is 0.142 e. The topological polar surface area (TPSA) is 38.5 Å². The quantitative estimate of drug-likeness (QED) is 0.869. The van der Waals surface area contributed by atoms with E-state index in [-0.39, 0.29) is 5.82 Å². The number of anilines is 3. The molecule has 2 N–H and O–H groups in total. The first-order chi connectivity index (χ1) is 9.02. The molecule has 0 aromatic heterocycles. The number of hydrogen-bond acceptors (Lipinski definition) is 3. The van der Waals surface area contributed by atoms with Gasteiger partial charge in [-0.05, 0) is 36.4 Å². The Morgan fingerprint density at radius 2 is 1.89 bits per heavy atom. The van der Waals surface area contributed by atoms with Crippen LogP contribution in [0.5, 0.6) is 5.75 Å². The fraction of sp³-hybridized carbons (Fsp3) is 0.143. The summed E-state index contributed by atoms with van der Waals surface area (Å²) >= 11 is 3.41. The van der Waals surface area contributed by atoms with Crippen LogP contribution in [0, 0.1) is 5.82 Å². The van der Waals surface area contributed by atoms with E-state index in [4.69, 9.17) is 10.5 Å². The molecule has 0 radical (unpaired) electrons. The summed E-state index contributed by atoms with van der Waals surface area (Å²) in [4.78, 5) is 1.79. The molecule has 0 aliphatic heterocycles. The number of halogens is 2. The van der Waals surface area contributed by atoms with Gasteiger partial charge >= 0.3 is 0 Å². The van der Waals surface area contributed by atoms with Crippen molar-refractivity contribution in [1.82, 2.24) is 0 Å². The van der Waals surface area contributed by atoms with Crippen molar-refractivity contribution in [3.8, 4) is 5.75 Å². The molecule has 0 heterocycles. The number of ether oxygens (including phenoxy) is 1. The summed E-state index contributed by atoms with van der Waals surface area (Å²) in [6.07, 6.45) is 0. The Morgan fingerprint density at radius 1 is 1.16 bits per heavy atom. The summed E-state index contributed by atoms with van der Waals surface area (Å²) in [5, 5.41) is 0. The normalized spacial score (nSPS) is 10.3. The van der Waals surface area contributed by atoms with Gasteiger partial charge in [-0.3, -0.25) is 0 Å². The average molecular weight is 325 g/mol. The first kappa shape index (κ1) is 13.7. The zero-order valence-electron chi connectivity index (χ0n) is 10.7. The Hall–Kier alpha value is -1.75. The Bertz CT molecular complexity index is 604. The highest BCUT2D eigenvalue weighted by molar-refractivity contribution is 9.10. The zero-order valence-corrected chi connectivity index (χ0v) is 12.2. The van der Waals surface area contributed by atoms with Crippen LogP contribution in [-0.4, -0.2) is 14.2 Å². The summed E-state index contributed by atoms with van der Waals surface area (Å²) in [7, 11) is 3.41. The molecule has 0 atom stereocenters. The van der Waals surface area contributed by atoms with Gasteiger partial charge in [-0.1, -0.05) is 15.9 Å². The summed E-state index contributed by atoms with van der Waals surface area (Å²) in [6, 6.07) is 9.89. The number of rotatable bonds is 3. The Labute approximate surface area is 119 Å². The van der Waals surface area contributed by atoms with Crippen LogP contribution in [0.3, 0.4) is 0 Å². The minimum Gasteiger partial charge on any atom is -0.495 e. The summed E-state index contributed by atoms with van der Waals surface area (Å²) in [6.45, 7) is 0. The molecule has 19 heavy (non-hydrogen) atoms. The van der Waals surface area contributed by atoms with Gasteiger partial charge in [0.25, 0.3) is 0 Å². The molecule has 0 amide bonds. The minimum absolute atomic E-state index is 0.329. The number of nitrogens with zero attached hydrogens (tertiary/aromatic N) is 1. The van der Waals surface area contributed by atoms with Crippen LogP contribution in [0.1, 0.15) is 0 Å². The minimum atomic E-state index is -0.329. The second kappa shape index (κ2) is 5.48. The van der Waals surface area contributed by atoms with E-state index in [1.165, 1.54) is 12.1 Å². The highest BCUT2D eigenvalue weighted by atomic mass is 79.9.